The van der Waals surface area contributed by atoms with Crippen LogP contribution in [-0.4, -0.2) is 21.3 Å². The number of aromatic amines is 1. The fourth-order valence-electron chi connectivity index (χ4n) is 2.73. The third-order valence-corrected chi connectivity index (χ3v) is 4.52. The van der Waals surface area contributed by atoms with Gasteiger partial charge in [-0.1, -0.05) is 0 Å². The highest BCUT2D eigenvalue weighted by Gasteiger charge is 2.54. The highest BCUT2D eigenvalue weighted by atomic mass is 16.5. The third-order valence-electron chi connectivity index (χ3n) is 4.52. The molecule has 6 heteroatoms. The summed E-state index contributed by atoms with van der Waals surface area (Å²) in [7, 11) is 0. The van der Waals surface area contributed by atoms with Crippen LogP contribution in [0.2, 0.25) is 0 Å². The maximum Gasteiger partial charge on any atom is 0.251 e. The van der Waals surface area contributed by atoms with Gasteiger partial charge in [0.15, 0.2) is 6.10 Å². The molecule has 0 amide bonds. The summed E-state index contributed by atoms with van der Waals surface area (Å²) in [4.78, 5) is 14.0. The van der Waals surface area contributed by atoms with Gasteiger partial charge in [0.2, 0.25) is 0 Å². The molecular weight excluding hydrogens is 308 g/mol. The smallest absolute Gasteiger partial charge is 0.251 e. The minimum Gasteiger partial charge on any atom is -0.484 e. The fraction of sp³-hybridized carbons (Fsp3) is 0.333. The Hall–Kier alpha value is -2.78. The zero-order valence-electron chi connectivity index (χ0n) is 13.7. The number of aromatic nitrogens is 1. The molecule has 0 spiro atoms. The first-order valence-electron chi connectivity index (χ1n) is 7.55. The largest absolute Gasteiger partial charge is 0.484 e. The molecule has 3 rings (SSSR count). The molecule has 1 aromatic heterocycles. The first-order chi connectivity index (χ1) is 11.2. The number of nitrogens with zero attached hydrogens (tertiary/aromatic N) is 1. The molecule has 0 radical (unpaired) electrons. The molecule has 24 heavy (non-hydrogen) atoms. The number of aliphatic hydroxyl groups is 1. The zero-order chi connectivity index (χ0) is 17.5. The molecule has 0 saturated carbocycles. The Morgan fingerprint density at radius 1 is 1.29 bits per heavy atom. The lowest BCUT2D eigenvalue weighted by atomic mass is 9.77. The van der Waals surface area contributed by atoms with E-state index in [1.807, 2.05) is 0 Å². The van der Waals surface area contributed by atoms with E-state index >= 15 is 0 Å². The van der Waals surface area contributed by atoms with Crippen molar-refractivity contribution in [1.82, 2.24) is 4.98 Å². The van der Waals surface area contributed by atoms with Crippen molar-refractivity contribution in [1.29, 1.82) is 5.26 Å². The van der Waals surface area contributed by atoms with Gasteiger partial charge in [-0.05, 0) is 45.0 Å². The number of benzene rings is 1. The lowest BCUT2D eigenvalue weighted by Gasteiger charge is -2.48. The Labute approximate surface area is 139 Å². The summed E-state index contributed by atoms with van der Waals surface area (Å²) < 4.78 is 11.9. The van der Waals surface area contributed by atoms with Gasteiger partial charge < -0.3 is 19.6 Å². The Morgan fingerprint density at radius 3 is 2.71 bits per heavy atom. The van der Waals surface area contributed by atoms with Crippen molar-refractivity contribution >= 4 is 0 Å². The maximum atomic E-state index is 11.5. The van der Waals surface area contributed by atoms with Gasteiger partial charge in [-0.2, -0.15) is 5.26 Å². The molecular formula is C18H18N2O4. The van der Waals surface area contributed by atoms with E-state index in [0.717, 1.165) is 0 Å². The molecule has 1 aliphatic rings. The summed E-state index contributed by atoms with van der Waals surface area (Å²) in [5, 5.41) is 20.2. The van der Waals surface area contributed by atoms with E-state index < -0.39 is 17.3 Å². The lowest BCUT2D eigenvalue weighted by Crippen LogP contribution is -2.59. The summed E-state index contributed by atoms with van der Waals surface area (Å²) in [6.45, 7) is 5.15. The van der Waals surface area contributed by atoms with Crippen LogP contribution < -0.4 is 15.0 Å². The second kappa shape index (κ2) is 5.39. The van der Waals surface area contributed by atoms with E-state index in [0.29, 0.717) is 22.6 Å². The first-order valence-corrected chi connectivity index (χ1v) is 7.55. The van der Waals surface area contributed by atoms with Crippen LogP contribution in [0, 0.1) is 11.3 Å². The summed E-state index contributed by atoms with van der Waals surface area (Å²) in [6, 6.07) is 9.97. The highest BCUT2D eigenvalue weighted by molar-refractivity contribution is 5.47. The zero-order valence-corrected chi connectivity index (χ0v) is 13.7. The fourth-order valence-corrected chi connectivity index (χ4v) is 2.73. The molecule has 2 atom stereocenters. The Morgan fingerprint density at radius 2 is 2.04 bits per heavy atom. The molecule has 124 valence electrons. The lowest BCUT2D eigenvalue weighted by molar-refractivity contribution is -0.174. The Kier molecular flexibility index (Phi) is 3.61. The monoisotopic (exact) mass is 326 g/mol. The third kappa shape index (κ3) is 2.53. The number of pyridine rings is 1. The molecule has 0 aliphatic carbocycles. The number of hydrogen-bond donors (Lipinski definition) is 2. The van der Waals surface area contributed by atoms with Crippen molar-refractivity contribution in [2.24, 2.45) is 0 Å². The van der Waals surface area contributed by atoms with Gasteiger partial charge in [0, 0.05) is 17.8 Å². The predicted octanol–water partition coefficient (Wildman–Crippen LogP) is 2.29. The molecule has 2 N–H and O–H groups in total. The van der Waals surface area contributed by atoms with Crippen molar-refractivity contribution in [2.75, 3.05) is 0 Å². The van der Waals surface area contributed by atoms with Crippen LogP contribution in [0.25, 0.3) is 0 Å². The van der Waals surface area contributed by atoms with Crippen LogP contribution in [0.1, 0.15) is 38.0 Å². The molecule has 1 aliphatic heterocycles. The van der Waals surface area contributed by atoms with Gasteiger partial charge in [-0.25, -0.2) is 0 Å². The topological polar surface area (TPSA) is 95.3 Å². The predicted molar refractivity (Wildman–Crippen MR) is 86.9 cm³/mol. The van der Waals surface area contributed by atoms with E-state index in [9.17, 15) is 9.90 Å². The van der Waals surface area contributed by atoms with Crippen LogP contribution in [0.4, 0.5) is 0 Å². The number of rotatable bonds is 2. The number of nitrogens with one attached hydrogen (secondary N) is 1. The van der Waals surface area contributed by atoms with Gasteiger partial charge in [-0.3, -0.25) is 4.79 Å². The molecule has 0 bridgehead atoms. The molecule has 2 aromatic rings. The molecule has 1 aromatic carbocycles. The van der Waals surface area contributed by atoms with E-state index in [4.69, 9.17) is 14.7 Å². The van der Waals surface area contributed by atoms with Gasteiger partial charge >= 0.3 is 0 Å². The molecule has 2 heterocycles. The standard InChI is InChI=1S/C18H18N2O4/c1-17(2)18(3,22)16(23-12-6-7-20-15(21)9-12)13-8-11(10-19)4-5-14(13)24-17/h4-9,16,22H,1-3H3,(H,20,21)/t16-,18+/m1/s1. The van der Waals surface area contributed by atoms with Crippen LogP contribution in [-0.2, 0) is 0 Å². The van der Waals surface area contributed by atoms with Crippen molar-refractivity contribution in [2.45, 2.75) is 38.1 Å². The van der Waals surface area contributed by atoms with Gasteiger partial charge in [0.05, 0.1) is 11.6 Å². The maximum absolute atomic E-state index is 11.5. The molecule has 0 saturated heterocycles. The first kappa shape index (κ1) is 16.1. The molecule has 6 nitrogen and oxygen atoms in total. The molecule has 0 unspecified atom stereocenters. The quantitative estimate of drug-likeness (QED) is 0.883. The number of ether oxygens (including phenoxy) is 2. The van der Waals surface area contributed by atoms with Crippen molar-refractivity contribution in [3.63, 3.8) is 0 Å². The SMILES string of the molecule is CC1(C)Oc2ccc(C#N)cc2[C@@H](Oc2cc[nH]c(=O)c2)[C@]1(C)O. The number of hydrogen-bond acceptors (Lipinski definition) is 5. The molecule has 0 fully saturated rings. The summed E-state index contributed by atoms with van der Waals surface area (Å²) >= 11 is 0. The van der Waals surface area contributed by atoms with Gasteiger partial charge in [0.1, 0.15) is 22.7 Å². The summed E-state index contributed by atoms with van der Waals surface area (Å²) in [5.74, 6) is 0.871. The second-order valence-electron chi connectivity index (χ2n) is 6.51. The second-order valence-corrected chi connectivity index (χ2v) is 6.51. The van der Waals surface area contributed by atoms with Crippen LogP contribution >= 0.6 is 0 Å². The van der Waals surface area contributed by atoms with Crippen molar-refractivity contribution in [3.8, 4) is 17.6 Å². The van der Waals surface area contributed by atoms with Crippen LogP contribution in [0.3, 0.4) is 0 Å². The van der Waals surface area contributed by atoms with E-state index in [1.54, 1.807) is 45.0 Å². The summed E-state index contributed by atoms with van der Waals surface area (Å²) in [5.41, 5.74) is -1.62. The average molecular weight is 326 g/mol. The number of nitriles is 1. The number of fused-ring (bicyclic) bond motifs is 1. The van der Waals surface area contributed by atoms with Crippen molar-refractivity contribution < 1.29 is 14.6 Å². The van der Waals surface area contributed by atoms with Gasteiger partial charge in [-0.15, -0.1) is 0 Å². The van der Waals surface area contributed by atoms with Crippen LogP contribution in [0.15, 0.2) is 41.3 Å². The average Bonchev–Trinajstić information content (AvgIpc) is 2.51. The van der Waals surface area contributed by atoms with Crippen LogP contribution in [0.5, 0.6) is 11.5 Å². The Bertz CT molecular complexity index is 877. The van der Waals surface area contributed by atoms with E-state index in [-0.39, 0.29) is 5.56 Å². The highest BCUT2D eigenvalue weighted by Crippen LogP contribution is 2.48. The minimum atomic E-state index is -1.39. The van der Waals surface area contributed by atoms with Gasteiger partial charge in [0.25, 0.3) is 5.56 Å². The Balaban J connectivity index is 2.14. The number of H-pyrrole nitrogens is 1. The van der Waals surface area contributed by atoms with Crippen molar-refractivity contribution in [3.05, 3.63) is 58.0 Å². The normalized spacial score (nSPS) is 24.4. The summed E-state index contributed by atoms with van der Waals surface area (Å²) in [6.07, 6.45) is 0.676. The van der Waals surface area contributed by atoms with E-state index in [1.165, 1.54) is 12.3 Å². The van der Waals surface area contributed by atoms with E-state index in [2.05, 4.69) is 11.1 Å². The minimum absolute atomic E-state index is 0.301.